The molecule has 0 bridgehead atoms. The van der Waals surface area contributed by atoms with E-state index in [9.17, 15) is 4.79 Å². The number of aromatic nitrogens is 2. The Hall–Kier alpha value is -2.10. The van der Waals surface area contributed by atoms with Crippen molar-refractivity contribution in [1.82, 2.24) is 9.78 Å². The number of carboxylic acid groups (broad SMARTS) is 1. The van der Waals surface area contributed by atoms with E-state index < -0.39 is 5.97 Å². The molecule has 21 heavy (non-hydrogen) atoms. The van der Waals surface area contributed by atoms with E-state index in [2.05, 4.69) is 17.8 Å². The number of nitrogens with zero attached hydrogens (tertiary/aromatic N) is 2. The van der Waals surface area contributed by atoms with Gasteiger partial charge < -0.3 is 5.11 Å². The third-order valence-electron chi connectivity index (χ3n) is 3.90. The summed E-state index contributed by atoms with van der Waals surface area (Å²) in [6.07, 6.45) is 13.7. The first-order valence-corrected chi connectivity index (χ1v) is 7.38. The van der Waals surface area contributed by atoms with Crippen LogP contribution < -0.4 is 0 Å². The van der Waals surface area contributed by atoms with E-state index in [1.807, 2.05) is 36.2 Å². The normalized spacial score (nSPS) is 18.7. The molecule has 0 saturated heterocycles. The van der Waals surface area contributed by atoms with Crippen LogP contribution >= 0.6 is 0 Å². The zero-order valence-electron chi connectivity index (χ0n) is 12.5. The average Bonchev–Trinajstić information content (AvgIpc) is 2.87. The Morgan fingerprint density at radius 2 is 2.43 bits per heavy atom. The summed E-state index contributed by atoms with van der Waals surface area (Å²) >= 11 is 0. The molecule has 0 radical (unpaired) electrons. The number of fused-ring (bicyclic) bond motifs is 1. The molecule has 4 heteroatoms. The summed E-state index contributed by atoms with van der Waals surface area (Å²) in [4.78, 5) is 11.0. The lowest BCUT2D eigenvalue weighted by atomic mass is 9.85. The van der Waals surface area contributed by atoms with E-state index in [4.69, 9.17) is 5.11 Å². The van der Waals surface area contributed by atoms with E-state index >= 15 is 0 Å². The molecule has 4 nitrogen and oxygen atoms in total. The van der Waals surface area contributed by atoms with Gasteiger partial charge in [-0.1, -0.05) is 24.8 Å². The van der Waals surface area contributed by atoms with Crippen LogP contribution in [0.1, 0.15) is 49.8 Å². The minimum Gasteiger partial charge on any atom is -0.481 e. The van der Waals surface area contributed by atoms with Crippen molar-refractivity contribution in [2.24, 2.45) is 0 Å². The zero-order valence-corrected chi connectivity index (χ0v) is 12.5. The molecule has 0 fully saturated rings. The van der Waals surface area contributed by atoms with Gasteiger partial charge in [-0.15, -0.1) is 0 Å². The Kier molecular flexibility index (Phi) is 5.14. The van der Waals surface area contributed by atoms with Crippen LogP contribution in [0.5, 0.6) is 0 Å². The number of allylic oxidation sites excluding steroid dienone is 4. The molecule has 2 rings (SSSR count). The fraction of sp³-hybridized carbons (Fsp3) is 0.412. The summed E-state index contributed by atoms with van der Waals surface area (Å²) in [6.45, 7) is 5.83. The van der Waals surface area contributed by atoms with Gasteiger partial charge in [-0.3, -0.25) is 4.79 Å². The van der Waals surface area contributed by atoms with Crippen molar-refractivity contribution >= 4 is 12.2 Å². The maximum atomic E-state index is 11.0. The number of hydrogen-bond acceptors (Lipinski definition) is 2. The predicted molar refractivity (Wildman–Crippen MR) is 84.1 cm³/mol. The highest BCUT2D eigenvalue weighted by atomic mass is 16.4. The third-order valence-corrected chi connectivity index (χ3v) is 3.90. The topological polar surface area (TPSA) is 55.1 Å². The van der Waals surface area contributed by atoms with Gasteiger partial charge in [-0.05, 0) is 49.7 Å². The van der Waals surface area contributed by atoms with Gasteiger partial charge in [0.2, 0.25) is 0 Å². The lowest BCUT2D eigenvalue weighted by molar-refractivity contribution is -0.137. The summed E-state index contributed by atoms with van der Waals surface area (Å²) in [6, 6.07) is 0. The zero-order chi connectivity index (χ0) is 15.2. The van der Waals surface area contributed by atoms with E-state index in [1.165, 1.54) is 0 Å². The first-order valence-electron chi connectivity index (χ1n) is 7.38. The Bertz CT molecular complexity index is 582. The average molecular weight is 286 g/mol. The van der Waals surface area contributed by atoms with Gasteiger partial charge in [0, 0.05) is 11.9 Å². The Balaban J connectivity index is 2.27. The highest BCUT2D eigenvalue weighted by Gasteiger charge is 2.25. The van der Waals surface area contributed by atoms with Crippen LogP contribution in [0.2, 0.25) is 0 Å². The van der Waals surface area contributed by atoms with Gasteiger partial charge in [0.25, 0.3) is 0 Å². The Labute approximate surface area is 125 Å². The molecule has 0 spiro atoms. The van der Waals surface area contributed by atoms with Crippen molar-refractivity contribution in [1.29, 1.82) is 0 Å². The van der Waals surface area contributed by atoms with Crippen LogP contribution in [0, 0.1) is 0 Å². The fourth-order valence-electron chi connectivity index (χ4n) is 2.81. The molecular formula is C17H22N2O2. The van der Waals surface area contributed by atoms with Crippen LogP contribution in [0.4, 0.5) is 0 Å². The first-order chi connectivity index (χ1) is 10.2. The van der Waals surface area contributed by atoms with Crippen LogP contribution in [0.15, 0.2) is 36.6 Å². The predicted octanol–water partition coefficient (Wildman–Crippen LogP) is 3.77. The molecular weight excluding hydrogens is 264 g/mol. The van der Waals surface area contributed by atoms with Crippen molar-refractivity contribution in [3.05, 3.63) is 47.8 Å². The summed E-state index contributed by atoms with van der Waals surface area (Å²) in [5, 5.41) is 13.4. The summed E-state index contributed by atoms with van der Waals surface area (Å²) in [5.41, 5.74) is 3.33. The molecule has 1 heterocycles. The molecule has 0 amide bonds. The van der Waals surface area contributed by atoms with Crippen molar-refractivity contribution in [2.75, 3.05) is 0 Å². The summed E-state index contributed by atoms with van der Waals surface area (Å²) in [5.74, 6) is -0.646. The molecule has 1 atom stereocenters. The molecule has 1 aliphatic carbocycles. The van der Waals surface area contributed by atoms with Crippen molar-refractivity contribution in [3.8, 4) is 0 Å². The van der Waals surface area contributed by atoms with Crippen LogP contribution in [-0.4, -0.2) is 20.9 Å². The van der Waals surface area contributed by atoms with Gasteiger partial charge >= 0.3 is 5.97 Å². The molecule has 1 unspecified atom stereocenters. The number of hydrogen-bond donors (Lipinski definition) is 1. The smallest absolute Gasteiger partial charge is 0.303 e. The number of aliphatic carboxylic acids is 1. The number of carbonyl (C=O) groups is 1. The highest BCUT2D eigenvalue weighted by Crippen LogP contribution is 2.34. The minimum atomic E-state index is -0.740. The van der Waals surface area contributed by atoms with Gasteiger partial charge in [-0.2, -0.15) is 5.10 Å². The quantitative estimate of drug-likeness (QED) is 0.639. The van der Waals surface area contributed by atoms with Gasteiger partial charge in [0.1, 0.15) is 0 Å². The lowest BCUT2D eigenvalue weighted by Gasteiger charge is -2.21. The van der Waals surface area contributed by atoms with Crippen molar-refractivity contribution in [3.63, 3.8) is 0 Å². The molecule has 1 aromatic rings. The van der Waals surface area contributed by atoms with E-state index in [0.717, 1.165) is 42.5 Å². The standard InChI is InChI=1S/C17H22N2O2/c1-3-5-7-13(4-2)12-19-16-9-6-8-14(10-17(20)21)15(16)11-18-19/h3-5,11-12,14H,2,6-10H2,1H3,(H,20,21). The van der Waals surface area contributed by atoms with Crippen LogP contribution in [0.3, 0.4) is 0 Å². The minimum absolute atomic E-state index is 0.0936. The van der Waals surface area contributed by atoms with E-state index in [0.29, 0.717) is 0 Å². The van der Waals surface area contributed by atoms with E-state index in [1.54, 1.807) is 0 Å². The van der Waals surface area contributed by atoms with Gasteiger partial charge in [0.15, 0.2) is 0 Å². The largest absolute Gasteiger partial charge is 0.481 e. The molecule has 1 N–H and O–H groups in total. The Morgan fingerprint density at radius 3 is 3.10 bits per heavy atom. The Morgan fingerprint density at radius 1 is 1.62 bits per heavy atom. The monoisotopic (exact) mass is 286 g/mol. The molecule has 0 aromatic carbocycles. The van der Waals surface area contributed by atoms with Gasteiger partial charge in [0.05, 0.1) is 12.6 Å². The maximum absolute atomic E-state index is 11.0. The third kappa shape index (κ3) is 3.72. The summed E-state index contributed by atoms with van der Waals surface area (Å²) < 4.78 is 1.89. The lowest BCUT2D eigenvalue weighted by Crippen LogP contribution is -2.14. The second kappa shape index (κ2) is 7.07. The highest BCUT2D eigenvalue weighted by molar-refractivity contribution is 5.68. The SMILES string of the molecule is C=CC(=Cn1ncc2c1CCCC2CC(=O)O)CC=CC. The summed E-state index contributed by atoms with van der Waals surface area (Å²) in [7, 11) is 0. The van der Waals surface area contributed by atoms with Crippen molar-refractivity contribution in [2.45, 2.75) is 44.9 Å². The molecule has 0 aliphatic heterocycles. The molecule has 1 aliphatic rings. The molecule has 0 saturated carbocycles. The van der Waals surface area contributed by atoms with Crippen LogP contribution in [-0.2, 0) is 11.2 Å². The number of carboxylic acids is 1. The van der Waals surface area contributed by atoms with Crippen molar-refractivity contribution < 1.29 is 9.90 Å². The van der Waals surface area contributed by atoms with Crippen LogP contribution in [0.25, 0.3) is 6.20 Å². The van der Waals surface area contributed by atoms with Gasteiger partial charge in [-0.25, -0.2) is 4.68 Å². The van der Waals surface area contributed by atoms with E-state index in [-0.39, 0.29) is 12.3 Å². The first kappa shape index (κ1) is 15.3. The number of rotatable bonds is 6. The second-order valence-corrected chi connectivity index (χ2v) is 5.36. The molecule has 112 valence electrons. The maximum Gasteiger partial charge on any atom is 0.303 e. The molecule has 1 aromatic heterocycles. The second-order valence-electron chi connectivity index (χ2n) is 5.36. The fourth-order valence-corrected chi connectivity index (χ4v) is 2.81.